The summed E-state index contributed by atoms with van der Waals surface area (Å²) in [5.41, 5.74) is 0.568. The molecule has 2 unspecified atom stereocenters. The number of sulfonamides is 1. The third-order valence-corrected chi connectivity index (χ3v) is 5.41. The maximum atomic E-state index is 12.3. The molecule has 5 nitrogen and oxygen atoms in total. The van der Waals surface area contributed by atoms with E-state index in [1.807, 2.05) is 6.92 Å². The van der Waals surface area contributed by atoms with Crippen LogP contribution in [0.25, 0.3) is 0 Å². The average molecular weight is 297 g/mol. The van der Waals surface area contributed by atoms with Crippen LogP contribution in [0, 0.1) is 12.8 Å². The minimum atomic E-state index is -3.66. The lowest BCUT2D eigenvalue weighted by molar-refractivity contribution is 0.0696. The Morgan fingerprint density at radius 2 is 2.05 bits per heavy atom. The van der Waals surface area contributed by atoms with Crippen molar-refractivity contribution in [2.24, 2.45) is 5.92 Å². The number of benzene rings is 1. The molecule has 1 aliphatic rings. The summed E-state index contributed by atoms with van der Waals surface area (Å²) >= 11 is 0. The monoisotopic (exact) mass is 297 g/mol. The number of carbonyl (C=O) groups is 1. The van der Waals surface area contributed by atoms with Gasteiger partial charge in [0.05, 0.1) is 10.5 Å². The second-order valence-corrected chi connectivity index (χ2v) is 7.13. The third kappa shape index (κ3) is 3.02. The molecule has 0 aliphatic heterocycles. The van der Waals surface area contributed by atoms with Gasteiger partial charge in [0.1, 0.15) is 0 Å². The van der Waals surface area contributed by atoms with Gasteiger partial charge in [-0.15, -0.1) is 0 Å². The number of carboxylic acids is 1. The summed E-state index contributed by atoms with van der Waals surface area (Å²) in [6.07, 6.45) is 2.86. The van der Waals surface area contributed by atoms with Gasteiger partial charge < -0.3 is 5.11 Å². The fourth-order valence-electron chi connectivity index (χ4n) is 2.59. The zero-order chi connectivity index (χ0) is 14.9. The Labute approximate surface area is 119 Å². The van der Waals surface area contributed by atoms with Crippen LogP contribution in [-0.2, 0) is 10.0 Å². The van der Waals surface area contributed by atoms with Crippen LogP contribution in [0.1, 0.15) is 42.1 Å². The smallest absolute Gasteiger partial charge is 0.335 e. The number of carboxylic acid groups (broad SMARTS) is 1. The molecule has 6 heteroatoms. The van der Waals surface area contributed by atoms with Gasteiger partial charge in [0.15, 0.2) is 0 Å². The van der Waals surface area contributed by atoms with Crippen LogP contribution in [0.3, 0.4) is 0 Å². The zero-order valence-corrected chi connectivity index (χ0v) is 12.4. The van der Waals surface area contributed by atoms with Gasteiger partial charge in [-0.25, -0.2) is 17.9 Å². The molecule has 0 aromatic heterocycles. The highest BCUT2D eigenvalue weighted by Gasteiger charge is 2.28. The highest BCUT2D eigenvalue weighted by Crippen LogP contribution is 2.26. The molecule has 0 bridgehead atoms. The number of rotatable bonds is 4. The van der Waals surface area contributed by atoms with Crippen LogP contribution in [0.2, 0.25) is 0 Å². The van der Waals surface area contributed by atoms with E-state index in [0.29, 0.717) is 11.5 Å². The van der Waals surface area contributed by atoms with Crippen LogP contribution in [-0.4, -0.2) is 25.5 Å². The molecular weight excluding hydrogens is 278 g/mol. The first-order valence-electron chi connectivity index (χ1n) is 6.67. The topological polar surface area (TPSA) is 83.5 Å². The van der Waals surface area contributed by atoms with Crippen molar-refractivity contribution in [3.8, 4) is 0 Å². The zero-order valence-electron chi connectivity index (χ0n) is 11.6. The molecule has 2 rings (SSSR count). The van der Waals surface area contributed by atoms with Gasteiger partial charge in [0, 0.05) is 6.04 Å². The van der Waals surface area contributed by atoms with E-state index >= 15 is 0 Å². The van der Waals surface area contributed by atoms with Crippen LogP contribution in [0.5, 0.6) is 0 Å². The Kier molecular flexibility index (Phi) is 4.15. The normalized spacial score (nSPS) is 22.9. The lowest BCUT2D eigenvalue weighted by atomic mass is 10.1. The number of hydrogen-bond donors (Lipinski definition) is 2. The maximum absolute atomic E-state index is 12.3. The molecule has 1 aromatic rings. The van der Waals surface area contributed by atoms with E-state index in [-0.39, 0.29) is 16.5 Å². The predicted molar refractivity (Wildman–Crippen MR) is 75.3 cm³/mol. The summed E-state index contributed by atoms with van der Waals surface area (Å²) in [5.74, 6) is -0.803. The first-order chi connectivity index (χ1) is 9.31. The van der Waals surface area contributed by atoms with E-state index in [0.717, 1.165) is 19.3 Å². The molecule has 0 amide bonds. The molecule has 2 N–H and O–H groups in total. The van der Waals surface area contributed by atoms with Gasteiger partial charge >= 0.3 is 5.97 Å². The van der Waals surface area contributed by atoms with Gasteiger partial charge in [-0.1, -0.05) is 19.4 Å². The highest BCUT2D eigenvalue weighted by atomic mass is 32.2. The molecule has 20 heavy (non-hydrogen) atoms. The lowest BCUT2D eigenvalue weighted by Gasteiger charge is -2.17. The van der Waals surface area contributed by atoms with Crippen molar-refractivity contribution in [1.29, 1.82) is 0 Å². The van der Waals surface area contributed by atoms with E-state index in [9.17, 15) is 13.2 Å². The van der Waals surface area contributed by atoms with E-state index < -0.39 is 16.0 Å². The molecule has 1 aromatic carbocycles. The summed E-state index contributed by atoms with van der Waals surface area (Å²) in [7, 11) is -3.66. The molecule has 0 spiro atoms. The second kappa shape index (κ2) is 5.54. The number of aromatic carboxylic acids is 1. The molecule has 1 saturated carbocycles. The lowest BCUT2D eigenvalue weighted by Crippen LogP contribution is -2.36. The van der Waals surface area contributed by atoms with Crippen molar-refractivity contribution in [2.75, 3.05) is 0 Å². The van der Waals surface area contributed by atoms with Gasteiger partial charge in [-0.3, -0.25) is 0 Å². The minimum Gasteiger partial charge on any atom is -0.478 e. The molecule has 1 aliphatic carbocycles. The second-order valence-electron chi connectivity index (χ2n) is 5.42. The van der Waals surface area contributed by atoms with Gasteiger partial charge in [-0.05, 0) is 43.4 Å². The van der Waals surface area contributed by atoms with Crippen LogP contribution < -0.4 is 4.72 Å². The molecule has 1 fully saturated rings. The molecule has 2 atom stereocenters. The Morgan fingerprint density at radius 1 is 1.35 bits per heavy atom. The number of hydrogen-bond acceptors (Lipinski definition) is 3. The standard InChI is InChI=1S/C14H19NO4S/c1-9-6-7-11(8-12(9)14(16)17)20(18,19)15-13-5-3-4-10(13)2/h6-8,10,13,15H,3-5H2,1-2H3,(H,16,17). The van der Waals surface area contributed by atoms with Crippen LogP contribution in [0.4, 0.5) is 0 Å². The Bertz CT molecular complexity index is 624. The number of nitrogens with one attached hydrogen (secondary N) is 1. The SMILES string of the molecule is Cc1ccc(S(=O)(=O)NC2CCCC2C)cc1C(=O)O. The van der Waals surface area contributed by atoms with Crippen molar-refractivity contribution < 1.29 is 18.3 Å². The first kappa shape index (κ1) is 15.0. The molecule has 110 valence electrons. The van der Waals surface area contributed by atoms with Crippen molar-refractivity contribution in [3.05, 3.63) is 29.3 Å². The summed E-state index contributed by atoms with van der Waals surface area (Å²) in [5, 5.41) is 9.07. The van der Waals surface area contributed by atoms with E-state index in [2.05, 4.69) is 4.72 Å². The van der Waals surface area contributed by atoms with Crippen molar-refractivity contribution in [3.63, 3.8) is 0 Å². The summed E-state index contributed by atoms with van der Waals surface area (Å²) in [6, 6.07) is 4.13. The fraction of sp³-hybridized carbons (Fsp3) is 0.500. The quantitative estimate of drug-likeness (QED) is 0.892. The molecule has 0 radical (unpaired) electrons. The molecular formula is C14H19NO4S. The Balaban J connectivity index is 2.30. The summed E-state index contributed by atoms with van der Waals surface area (Å²) in [6.45, 7) is 3.67. The van der Waals surface area contributed by atoms with E-state index in [4.69, 9.17) is 5.11 Å². The van der Waals surface area contributed by atoms with Crippen molar-refractivity contribution >= 4 is 16.0 Å². The number of aryl methyl sites for hydroxylation is 1. The van der Waals surface area contributed by atoms with Crippen molar-refractivity contribution in [1.82, 2.24) is 4.72 Å². The molecule has 0 heterocycles. The third-order valence-electron chi connectivity index (χ3n) is 3.92. The van der Waals surface area contributed by atoms with Crippen molar-refractivity contribution in [2.45, 2.75) is 44.0 Å². The fourth-order valence-corrected chi connectivity index (χ4v) is 3.99. The maximum Gasteiger partial charge on any atom is 0.335 e. The van der Waals surface area contributed by atoms with Gasteiger partial charge in [0.2, 0.25) is 10.0 Å². The summed E-state index contributed by atoms with van der Waals surface area (Å²) in [4.78, 5) is 11.1. The predicted octanol–water partition coefficient (Wildman–Crippen LogP) is 2.16. The van der Waals surface area contributed by atoms with E-state index in [1.54, 1.807) is 6.92 Å². The molecule has 0 saturated heterocycles. The highest BCUT2D eigenvalue weighted by molar-refractivity contribution is 7.89. The average Bonchev–Trinajstić information content (AvgIpc) is 2.74. The largest absolute Gasteiger partial charge is 0.478 e. The van der Waals surface area contributed by atoms with Crippen LogP contribution in [0.15, 0.2) is 23.1 Å². The Morgan fingerprint density at radius 3 is 2.60 bits per heavy atom. The van der Waals surface area contributed by atoms with Gasteiger partial charge in [0.25, 0.3) is 0 Å². The summed E-state index contributed by atoms with van der Waals surface area (Å²) < 4.78 is 27.3. The Hall–Kier alpha value is -1.40. The van der Waals surface area contributed by atoms with Gasteiger partial charge in [-0.2, -0.15) is 0 Å². The first-order valence-corrected chi connectivity index (χ1v) is 8.16. The van der Waals surface area contributed by atoms with E-state index in [1.165, 1.54) is 18.2 Å². The minimum absolute atomic E-state index is 0.0135. The van der Waals surface area contributed by atoms with Crippen LogP contribution >= 0.6 is 0 Å².